The van der Waals surface area contributed by atoms with Crippen LogP contribution in [-0.4, -0.2) is 37.3 Å². The molecule has 1 saturated heterocycles. The standard InChI is InChI=1S/C13H16F4N2.ClH/c14-11-3-1-2-10(8-11)12(9-13(15,16)17)19-6-4-18-5-7-19;/h1-3,8,12,18H,4-7,9H2;1H/t12-;/m0./s1. The molecule has 1 atom stereocenters. The van der Waals surface area contributed by atoms with E-state index in [0.717, 1.165) is 0 Å². The first-order valence-corrected chi connectivity index (χ1v) is 6.23. The van der Waals surface area contributed by atoms with Crippen LogP contribution in [0.25, 0.3) is 0 Å². The number of alkyl halides is 3. The highest BCUT2D eigenvalue weighted by atomic mass is 35.5. The van der Waals surface area contributed by atoms with Gasteiger partial charge < -0.3 is 5.32 Å². The lowest BCUT2D eigenvalue weighted by atomic mass is 10.0. The van der Waals surface area contributed by atoms with E-state index in [2.05, 4.69) is 5.32 Å². The van der Waals surface area contributed by atoms with Crippen LogP contribution in [0.2, 0.25) is 0 Å². The van der Waals surface area contributed by atoms with Crippen molar-refractivity contribution in [2.24, 2.45) is 0 Å². The zero-order valence-electron chi connectivity index (χ0n) is 10.8. The van der Waals surface area contributed by atoms with E-state index in [1.54, 1.807) is 11.0 Å². The predicted octanol–water partition coefficient (Wildman–Crippen LogP) is 3.15. The Labute approximate surface area is 121 Å². The molecule has 2 rings (SSSR count). The number of hydrogen-bond donors (Lipinski definition) is 1. The molecule has 0 bridgehead atoms. The molecular formula is C13H17ClF4N2. The summed E-state index contributed by atoms with van der Waals surface area (Å²) < 4.78 is 51.3. The fourth-order valence-corrected chi connectivity index (χ4v) is 2.38. The molecule has 1 aromatic rings. The van der Waals surface area contributed by atoms with Crippen LogP contribution in [0.15, 0.2) is 24.3 Å². The minimum atomic E-state index is -4.26. The van der Waals surface area contributed by atoms with Crippen LogP contribution in [0.3, 0.4) is 0 Å². The number of halogens is 5. The topological polar surface area (TPSA) is 15.3 Å². The van der Waals surface area contributed by atoms with E-state index in [4.69, 9.17) is 0 Å². The summed E-state index contributed by atoms with van der Waals surface area (Å²) in [5.74, 6) is -0.500. The second-order valence-electron chi connectivity index (χ2n) is 4.68. The van der Waals surface area contributed by atoms with Gasteiger partial charge in [0.15, 0.2) is 0 Å². The molecule has 1 fully saturated rings. The first-order chi connectivity index (χ1) is 8.96. The molecule has 0 amide bonds. The molecule has 1 aromatic carbocycles. The van der Waals surface area contributed by atoms with Crippen molar-refractivity contribution in [3.8, 4) is 0 Å². The van der Waals surface area contributed by atoms with E-state index in [1.165, 1.54) is 18.2 Å². The molecule has 2 nitrogen and oxygen atoms in total. The highest BCUT2D eigenvalue weighted by Crippen LogP contribution is 2.34. The quantitative estimate of drug-likeness (QED) is 0.863. The van der Waals surface area contributed by atoms with Crippen molar-refractivity contribution in [2.45, 2.75) is 18.6 Å². The summed E-state index contributed by atoms with van der Waals surface area (Å²) in [5, 5.41) is 3.10. The number of hydrogen-bond acceptors (Lipinski definition) is 2. The molecular weight excluding hydrogens is 296 g/mol. The van der Waals surface area contributed by atoms with Gasteiger partial charge in [-0.05, 0) is 17.7 Å². The minimum Gasteiger partial charge on any atom is -0.314 e. The fraction of sp³-hybridized carbons (Fsp3) is 0.538. The summed E-state index contributed by atoms with van der Waals surface area (Å²) >= 11 is 0. The molecule has 1 N–H and O–H groups in total. The van der Waals surface area contributed by atoms with Gasteiger partial charge >= 0.3 is 6.18 Å². The van der Waals surface area contributed by atoms with Gasteiger partial charge in [0.1, 0.15) is 5.82 Å². The van der Waals surface area contributed by atoms with Crippen LogP contribution >= 0.6 is 12.4 Å². The summed E-state index contributed by atoms with van der Waals surface area (Å²) in [5.41, 5.74) is 0.388. The number of nitrogens with zero attached hydrogens (tertiary/aromatic N) is 1. The second kappa shape index (κ2) is 7.24. The highest BCUT2D eigenvalue weighted by Gasteiger charge is 2.35. The molecule has 20 heavy (non-hydrogen) atoms. The molecule has 7 heteroatoms. The lowest BCUT2D eigenvalue weighted by Crippen LogP contribution is -2.46. The summed E-state index contributed by atoms with van der Waals surface area (Å²) in [7, 11) is 0. The van der Waals surface area contributed by atoms with E-state index in [-0.39, 0.29) is 12.4 Å². The van der Waals surface area contributed by atoms with Gasteiger partial charge in [0.2, 0.25) is 0 Å². The molecule has 0 spiro atoms. The molecule has 0 aromatic heterocycles. The monoisotopic (exact) mass is 312 g/mol. The SMILES string of the molecule is Cl.Fc1cccc([C@H](CC(F)(F)F)N2CCNCC2)c1. The van der Waals surface area contributed by atoms with Crippen molar-refractivity contribution < 1.29 is 17.6 Å². The molecule has 1 heterocycles. The van der Waals surface area contributed by atoms with E-state index in [0.29, 0.717) is 31.7 Å². The first kappa shape index (κ1) is 17.2. The maximum atomic E-state index is 13.2. The van der Waals surface area contributed by atoms with Crippen molar-refractivity contribution in [1.82, 2.24) is 10.2 Å². The zero-order valence-corrected chi connectivity index (χ0v) is 11.6. The van der Waals surface area contributed by atoms with Crippen LogP contribution in [0.5, 0.6) is 0 Å². The molecule has 0 aliphatic carbocycles. The van der Waals surface area contributed by atoms with E-state index in [1.807, 2.05) is 0 Å². The second-order valence-corrected chi connectivity index (χ2v) is 4.68. The van der Waals surface area contributed by atoms with Crippen LogP contribution in [0.1, 0.15) is 18.0 Å². The Morgan fingerprint density at radius 1 is 1.20 bits per heavy atom. The Morgan fingerprint density at radius 3 is 2.40 bits per heavy atom. The average molecular weight is 313 g/mol. The van der Waals surface area contributed by atoms with Gasteiger partial charge in [-0.15, -0.1) is 12.4 Å². The van der Waals surface area contributed by atoms with Crippen LogP contribution in [-0.2, 0) is 0 Å². The van der Waals surface area contributed by atoms with Gasteiger partial charge in [0.25, 0.3) is 0 Å². The number of nitrogens with one attached hydrogen (secondary N) is 1. The molecule has 1 aliphatic rings. The van der Waals surface area contributed by atoms with E-state index < -0.39 is 24.5 Å². The maximum absolute atomic E-state index is 13.2. The minimum absolute atomic E-state index is 0. The predicted molar refractivity (Wildman–Crippen MR) is 71.5 cm³/mol. The fourth-order valence-electron chi connectivity index (χ4n) is 2.38. The molecule has 0 radical (unpaired) electrons. The summed E-state index contributed by atoms with van der Waals surface area (Å²) in [6, 6.07) is 4.64. The van der Waals surface area contributed by atoms with E-state index in [9.17, 15) is 17.6 Å². The lowest BCUT2D eigenvalue weighted by Gasteiger charge is -2.35. The smallest absolute Gasteiger partial charge is 0.314 e. The highest BCUT2D eigenvalue weighted by molar-refractivity contribution is 5.85. The van der Waals surface area contributed by atoms with Crippen molar-refractivity contribution in [3.05, 3.63) is 35.6 Å². The van der Waals surface area contributed by atoms with Gasteiger partial charge in [0.05, 0.1) is 6.42 Å². The van der Waals surface area contributed by atoms with Crippen molar-refractivity contribution >= 4 is 12.4 Å². The summed E-state index contributed by atoms with van der Waals surface area (Å²) in [6.07, 6.45) is -5.21. The maximum Gasteiger partial charge on any atom is 0.390 e. The Balaban J connectivity index is 0.00000200. The Hall–Kier alpha value is -0.850. The molecule has 0 unspecified atom stereocenters. The third-order valence-electron chi connectivity index (χ3n) is 3.25. The van der Waals surface area contributed by atoms with E-state index >= 15 is 0 Å². The number of benzene rings is 1. The van der Waals surface area contributed by atoms with Gasteiger partial charge in [-0.25, -0.2) is 4.39 Å². The summed E-state index contributed by atoms with van der Waals surface area (Å²) in [6.45, 7) is 2.39. The van der Waals surface area contributed by atoms with Gasteiger partial charge in [-0.2, -0.15) is 13.2 Å². The molecule has 1 aliphatic heterocycles. The largest absolute Gasteiger partial charge is 0.390 e. The van der Waals surface area contributed by atoms with Crippen molar-refractivity contribution in [2.75, 3.05) is 26.2 Å². The lowest BCUT2D eigenvalue weighted by molar-refractivity contribution is -0.148. The Kier molecular flexibility index (Phi) is 6.23. The van der Waals surface area contributed by atoms with Crippen molar-refractivity contribution in [1.29, 1.82) is 0 Å². The van der Waals surface area contributed by atoms with Crippen LogP contribution in [0, 0.1) is 5.82 Å². The summed E-state index contributed by atoms with van der Waals surface area (Å²) in [4.78, 5) is 1.76. The van der Waals surface area contributed by atoms with Crippen molar-refractivity contribution in [3.63, 3.8) is 0 Å². The third-order valence-corrected chi connectivity index (χ3v) is 3.25. The third kappa shape index (κ3) is 4.92. The average Bonchev–Trinajstić information content (AvgIpc) is 2.36. The first-order valence-electron chi connectivity index (χ1n) is 6.23. The zero-order chi connectivity index (χ0) is 13.9. The molecule has 114 valence electrons. The molecule has 0 saturated carbocycles. The van der Waals surface area contributed by atoms with Gasteiger partial charge in [-0.1, -0.05) is 12.1 Å². The normalized spacial score (nSPS) is 18.4. The Morgan fingerprint density at radius 2 is 1.85 bits per heavy atom. The van der Waals surface area contributed by atoms with Crippen LogP contribution in [0.4, 0.5) is 17.6 Å². The number of piperazine rings is 1. The van der Waals surface area contributed by atoms with Gasteiger partial charge in [-0.3, -0.25) is 4.90 Å². The van der Waals surface area contributed by atoms with Gasteiger partial charge in [0, 0.05) is 32.2 Å². The number of rotatable bonds is 3. The van der Waals surface area contributed by atoms with Crippen LogP contribution < -0.4 is 5.32 Å². The Bertz CT molecular complexity index is 419.